The SMILES string of the molecule is C[C@@H]1CCc2nc(NC(=O)c3cccc(S(=O)(=O)N4CCCC4)c3)sc2C1. The van der Waals surface area contributed by atoms with E-state index < -0.39 is 10.0 Å². The highest BCUT2D eigenvalue weighted by Crippen LogP contribution is 2.32. The first-order valence-electron chi connectivity index (χ1n) is 9.33. The molecule has 2 aliphatic rings. The fourth-order valence-corrected chi connectivity index (χ4v) is 6.37. The van der Waals surface area contributed by atoms with Gasteiger partial charge in [-0.25, -0.2) is 13.4 Å². The Morgan fingerprint density at radius 2 is 2.07 bits per heavy atom. The Kier molecular flexibility index (Phi) is 5.05. The van der Waals surface area contributed by atoms with Crippen molar-refractivity contribution >= 4 is 32.4 Å². The average Bonchev–Trinajstić information content (AvgIpc) is 3.31. The maximum atomic E-state index is 12.7. The second-order valence-electron chi connectivity index (χ2n) is 7.33. The maximum Gasteiger partial charge on any atom is 0.257 e. The molecule has 1 N–H and O–H groups in total. The third-order valence-corrected chi connectivity index (χ3v) is 8.14. The molecule has 8 heteroatoms. The zero-order valence-corrected chi connectivity index (χ0v) is 16.9. The molecule has 144 valence electrons. The van der Waals surface area contributed by atoms with Crippen molar-refractivity contribution in [3.05, 3.63) is 40.4 Å². The summed E-state index contributed by atoms with van der Waals surface area (Å²) in [7, 11) is -3.54. The first-order chi connectivity index (χ1) is 12.9. The number of nitrogens with one attached hydrogen (secondary N) is 1. The summed E-state index contributed by atoms with van der Waals surface area (Å²) in [4.78, 5) is 18.6. The number of anilines is 1. The highest BCUT2D eigenvalue weighted by atomic mass is 32.2. The van der Waals surface area contributed by atoms with E-state index in [1.807, 2.05) is 0 Å². The number of sulfonamides is 1. The molecule has 4 rings (SSSR count). The molecule has 1 aliphatic heterocycles. The molecule has 0 saturated carbocycles. The fraction of sp³-hybridized carbons (Fsp3) is 0.474. The normalized spacial score (nSPS) is 20.4. The Bertz CT molecular complexity index is 962. The Labute approximate surface area is 163 Å². The quantitative estimate of drug-likeness (QED) is 0.846. The van der Waals surface area contributed by atoms with Gasteiger partial charge in [0, 0.05) is 23.5 Å². The lowest BCUT2D eigenvalue weighted by Crippen LogP contribution is -2.28. The fourth-order valence-electron chi connectivity index (χ4n) is 3.64. The van der Waals surface area contributed by atoms with E-state index in [0.29, 0.717) is 29.7 Å². The van der Waals surface area contributed by atoms with Crippen LogP contribution in [0.2, 0.25) is 0 Å². The van der Waals surface area contributed by atoms with E-state index in [0.717, 1.165) is 37.8 Å². The summed E-state index contributed by atoms with van der Waals surface area (Å²) in [5.74, 6) is 0.321. The van der Waals surface area contributed by atoms with Gasteiger partial charge >= 0.3 is 0 Å². The van der Waals surface area contributed by atoms with Crippen molar-refractivity contribution in [2.24, 2.45) is 5.92 Å². The summed E-state index contributed by atoms with van der Waals surface area (Å²) in [5, 5.41) is 3.43. The van der Waals surface area contributed by atoms with Gasteiger partial charge in [0.05, 0.1) is 10.6 Å². The second kappa shape index (κ2) is 7.33. The second-order valence-corrected chi connectivity index (χ2v) is 10.4. The van der Waals surface area contributed by atoms with E-state index >= 15 is 0 Å². The first kappa shape index (κ1) is 18.6. The van der Waals surface area contributed by atoms with Crippen LogP contribution in [0.25, 0.3) is 0 Å². The molecule has 1 amide bonds. The molecule has 0 radical (unpaired) electrons. The van der Waals surface area contributed by atoms with Crippen molar-refractivity contribution in [2.45, 2.75) is 43.9 Å². The third-order valence-electron chi connectivity index (χ3n) is 5.21. The Morgan fingerprint density at radius 3 is 2.85 bits per heavy atom. The van der Waals surface area contributed by atoms with Gasteiger partial charge in [0.25, 0.3) is 5.91 Å². The van der Waals surface area contributed by atoms with Gasteiger partial charge in [0.2, 0.25) is 10.0 Å². The lowest BCUT2D eigenvalue weighted by atomic mass is 9.93. The summed E-state index contributed by atoms with van der Waals surface area (Å²) in [6, 6.07) is 6.26. The number of thiazole rings is 1. The molecule has 6 nitrogen and oxygen atoms in total. The smallest absolute Gasteiger partial charge is 0.257 e. The summed E-state index contributed by atoms with van der Waals surface area (Å²) < 4.78 is 26.9. The van der Waals surface area contributed by atoms with E-state index in [4.69, 9.17) is 0 Å². The number of hydrogen-bond donors (Lipinski definition) is 1. The van der Waals surface area contributed by atoms with Gasteiger partial charge in [0.1, 0.15) is 0 Å². The van der Waals surface area contributed by atoms with Crippen molar-refractivity contribution < 1.29 is 13.2 Å². The van der Waals surface area contributed by atoms with Crippen molar-refractivity contribution in [2.75, 3.05) is 18.4 Å². The minimum absolute atomic E-state index is 0.171. The number of amides is 1. The monoisotopic (exact) mass is 405 g/mol. The van der Waals surface area contributed by atoms with Crippen molar-refractivity contribution in [3.63, 3.8) is 0 Å². The molecule has 1 saturated heterocycles. The summed E-state index contributed by atoms with van der Waals surface area (Å²) in [6.45, 7) is 3.32. The number of benzene rings is 1. The number of aryl methyl sites for hydroxylation is 1. The van der Waals surface area contributed by atoms with Gasteiger partial charge in [-0.1, -0.05) is 13.0 Å². The van der Waals surface area contributed by atoms with Gasteiger partial charge in [-0.05, 0) is 56.2 Å². The van der Waals surface area contributed by atoms with Gasteiger partial charge in [-0.3, -0.25) is 10.1 Å². The summed E-state index contributed by atoms with van der Waals surface area (Å²) in [5.41, 5.74) is 1.41. The van der Waals surface area contributed by atoms with Crippen LogP contribution in [0.5, 0.6) is 0 Å². The van der Waals surface area contributed by atoms with Crippen LogP contribution in [-0.2, 0) is 22.9 Å². The number of rotatable bonds is 4. The van der Waals surface area contributed by atoms with E-state index in [2.05, 4.69) is 17.2 Å². The molecule has 0 bridgehead atoms. The zero-order valence-electron chi connectivity index (χ0n) is 15.3. The van der Waals surface area contributed by atoms with Gasteiger partial charge in [0.15, 0.2) is 5.13 Å². The number of aromatic nitrogens is 1. The zero-order chi connectivity index (χ0) is 19.0. The summed E-state index contributed by atoms with van der Waals surface area (Å²) >= 11 is 1.52. The van der Waals surface area contributed by atoms with E-state index in [-0.39, 0.29) is 10.8 Å². The maximum absolute atomic E-state index is 12.7. The largest absolute Gasteiger partial charge is 0.298 e. The highest BCUT2D eigenvalue weighted by Gasteiger charge is 2.28. The van der Waals surface area contributed by atoms with Crippen LogP contribution in [0, 0.1) is 5.92 Å². The average molecular weight is 406 g/mol. The van der Waals surface area contributed by atoms with Gasteiger partial charge < -0.3 is 0 Å². The third kappa shape index (κ3) is 3.79. The molecule has 1 aliphatic carbocycles. The number of hydrogen-bond acceptors (Lipinski definition) is 5. The molecular formula is C19H23N3O3S2. The molecule has 1 aromatic carbocycles. The Balaban J connectivity index is 1.53. The van der Waals surface area contributed by atoms with Crippen LogP contribution in [-0.4, -0.2) is 36.7 Å². The van der Waals surface area contributed by atoms with Crippen molar-refractivity contribution in [1.82, 2.24) is 9.29 Å². The predicted octanol–water partition coefficient (Wildman–Crippen LogP) is 3.30. The molecule has 2 heterocycles. The molecule has 0 spiro atoms. The number of carbonyl (C=O) groups is 1. The number of carbonyl (C=O) groups excluding carboxylic acids is 1. The lowest BCUT2D eigenvalue weighted by molar-refractivity contribution is 0.102. The molecule has 1 fully saturated rings. The van der Waals surface area contributed by atoms with E-state index in [1.165, 1.54) is 26.6 Å². The molecule has 2 aromatic rings. The van der Waals surface area contributed by atoms with Crippen LogP contribution in [0.15, 0.2) is 29.2 Å². The topological polar surface area (TPSA) is 79.4 Å². The first-order valence-corrected chi connectivity index (χ1v) is 11.6. The van der Waals surface area contributed by atoms with Crippen LogP contribution in [0.4, 0.5) is 5.13 Å². The molecule has 0 unspecified atom stereocenters. The highest BCUT2D eigenvalue weighted by molar-refractivity contribution is 7.89. The summed E-state index contributed by atoms with van der Waals surface area (Å²) in [6.07, 6.45) is 4.85. The minimum atomic E-state index is -3.54. The van der Waals surface area contributed by atoms with Crippen LogP contribution < -0.4 is 5.32 Å². The van der Waals surface area contributed by atoms with Gasteiger partial charge in [-0.15, -0.1) is 11.3 Å². The van der Waals surface area contributed by atoms with E-state index in [1.54, 1.807) is 18.2 Å². The van der Waals surface area contributed by atoms with Crippen molar-refractivity contribution in [1.29, 1.82) is 0 Å². The number of nitrogens with zero attached hydrogens (tertiary/aromatic N) is 2. The van der Waals surface area contributed by atoms with Crippen molar-refractivity contribution in [3.8, 4) is 0 Å². The van der Waals surface area contributed by atoms with Crippen LogP contribution in [0.1, 0.15) is 47.1 Å². The molecular weight excluding hydrogens is 382 g/mol. The Morgan fingerprint density at radius 1 is 1.30 bits per heavy atom. The Hall–Kier alpha value is -1.77. The van der Waals surface area contributed by atoms with Gasteiger partial charge in [-0.2, -0.15) is 4.31 Å². The standard InChI is InChI=1S/C19H23N3O3S2/c1-13-7-8-16-17(11-13)26-19(20-16)21-18(23)14-5-4-6-15(12-14)27(24,25)22-9-2-3-10-22/h4-6,12-13H,2-3,7-11H2,1H3,(H,20,21,23)/t13-/m1/s1. The minimum Gasteiger partial charge on any atom is -0.298 e. The molecule has 27 heavy (non-hydrogen) atoms. The van der Waals surface area contributed by atoms with Crippen LogP contribution >= 0.6 is 11.3 Å². The molecule has 1 aromatic heterocycles. The number of fused-ring (bicyclic) bond motifs is 1. The molecule has 1 atom stereocenters. The predicted molar refractivity (Wildman–Crippen MR) is 106 cm³/mol. The van der Waals surface area contributed by atoms with Crippen LogP contribution in [0.3, 0.4) is 0 Å². The lowest BCUT2D eigenvalue weighted by Gasteiger charge is -2.15. The van der Waals surface area contributed by atoms with E-state index in [9.17, 15) is 13.2 Å².